The molecule has 1 heterocycles. The number of nitrogens with two attached hydrogens (primary N) is 1. The van der Waals surface area contributed by atoms with Crippen molar-refractivity contribution >= 4 is 23.2 Å². The van der Waals surface area contributed by atoms with Crippen LogP contribution in [0.5, 0.6) is 0 Å². The number of halogens is 1. The van der Waals surface area contributed by atoms with Crippen molar-refractivity contribution in [2.24, 2.45) is 0 Å². The van der Waals surface area contributed by atoms with Gasteiger partial charge in [-0.25, -0.2) is 0 Å². The van der Waals surface area contributed by atoms with Gasteiger partial charge in [-0.2, -0.15) is 0 Å². The van der Waals surface area contributed by atoms with Crippen LogP contribution in [0, 0.1) is 13.8 Å². The molecule has 0 aliphatic carbocycles. The average molecular weight is 294 g/mol. The van der Waals surface area contributed by atoms with Crippen LogP contribution in [0.3, 0.4) is 0 Å². The van der Waals surface area contributed by atoms with E-state index in [4.69, 9.17) is 21.9 Å². The number of benzene rings is 1. The third-order valence-electron chi connectivity index (χ3n) is 3.14. The quantitative estimate of drug-likeness (QED) is 0.852. The van der Waals surface area contributed by atoms with Gasteiger partial charge in [-0.05, 0) is 32.9 Å². The zero-order chi connectivity index (χ0) is 14.9. The predicted molar refractivity (Wildman–Crippen MR) is 77.7 cm³/mol. The minimum absolute atomic E-state index is 0.230. The van der Waals surface area contributed by atoms with Gasteiger partial charge in [0.25, 0.3) is 5.91 Å². The molecule has 1 atom stereocenters. The highest BCUT2D eigenvalue weighted by molar-refractivity contribution is 6.36. The maximum Gasteiger partial charge on any atom is 0.253 e. The summed E-state index contributed by atoms with van der Waals surface area (Å²) in [6.07, 6.45) is 0. The molecule has 1 aromatic heterocycles. The van der Waals surface area contributed by atoms with Crippen molar-refractivity contribution < 1.29 is 9.32 Å². The van der Waals surface area contributed by atoms with Crippen LogP contribution in [0.15, 0.2) is 22.7 Å². The Labute approximate surface area is 122 Å². The van der Waals surface area contributed by atoms with E-state index in [2.05, 4.69) is 10.5 Å². The monoisotopic (exact) mass is 293 g/mol. The van der Waals surface area contributed by atoms with Crippen LogP contribution >= 0.6 is 11.6 Å². The zero-order valence-corrected chi connectivity index (χ0v) is 12.3. The average Bonchev–Trinajstić information content (AvgIpc) is 2.72. The van der Waals surface area contributed by atoms with Crippen LogP contribution in [0.25, 0.3) is 0 Å². The summed E-state index contributed by atoms with van der Waals surface area (Å²) in [4.78, 5) is 12.2. The normalized spacial score (nSPS) is 12.2. The number of aryl methyl sites for hydroxylation is 2. The summed E-state index contributed by atoms with van der Waals surface area (Å²) < 4.78 is 5.10. The molecule has 1 aromatic carbocycles. The highest BCUT2D eigenvalue weighted by Crippen LogP contribution is 2.25. The van der Waals surface area contributed by atoms with Gasteiger partial charge in [-0.3, -0.25) is 4.79 Å². The van der Waals surface area contributed by atoms with E-state index >= 15 is 0 Å². The standard InChI is InChI=1S/C14H16ClN3O2/c1-7(12-8(2)18-20-9(12)3)17-14(19)10-5-4-6-11(16)13(10)15/h4-7H,16H2,1-3H3,(H,17,19). The van der Waals surface area contributed by atoms with Crippen molar-refractivity contribution in [2.45, 2.75) is 26.8 Å². The third kappa shape index (κ3) is 2.63. The SMILES string of the molecule is Cc1noc(C)c1C(C)NC(=O)c1cccc(N)c1Cl. The van der Waals surface area contributed by atoms with Crippen LogP contribution in [-0.4, -0.2) is 11.1 Å². The van der Waals surface area contributed by atoms with E-state index in [1.165, 1.54) is 0 Å². The predicted octanol–water partition coefficient (Wildman–Crippen LogP) is 3.02. The number of hydrogen-bond donors (Lipinski definition) is 2. The second-order valence-electron chi connectivity index (χ2n) is 4.64. The number of aromatic nitrogens is 1. The molecule has 3 N–H and O–H groups in total. The number of anilines is 1. The second kappa shape index (κ2) is 5.54. The Balaban J connectivity index is 2.22. The van der Waals surface area contributed by atoms with Crippen molar-refractivity contribution in [1.29, 1.82) is 0 Å². The van der Waals surface area contributed by atoms with E-state index < -0.39 is 0 Å². The molecule has 6 heteroatoms. The Hall–Kier alpha value is -2.01. The summed E-state index contributed by atoms with van der Waals surface area (Å²) in [5, 5.41) is 7.01. The minimum Gasteiger partial charge on any atom is -0.398 e. The van der Waals surface area contributed by atoms with Gasteiger partial charge in [-0.1, -0.05) is 22.8 Å². The number of nitrogens with zero attached hydrogens (tertiary/aromatic N) is 1. The molecule has 0 fully saturated rings. The van der Waals surface area contributed by atoms with Gasteiger partial charge in [0.2, 0.25) is 0 Å². The molecule has 0 spiro atoms. The maximum absolute atomic E-state index is 12.2. The Bertz CT molecular complexity index is 632. The van der Waals surface area contributed by atoms with Crippen molar-refractivity contribution in [1.82, 2.24) is 10.5 Å². The first-order valence-electron chi connectivity index (χ1n) is 6.19. The van der Waals surface area contributed by atoms with Crippen LogP contribution in [0.1, 0.15) is 40.3 Å². The Kier molecular flexibility index (Phi) is 3.99. The van der Waals surface area contributed by atoms with Crippen LogP contribution < -0.4 is 11.1 Å². The maximum atomic E-state index is 12.2. The van der Waals surface area contributed by atoms with Gasteiger partial charge in [0, 0.05) is 5.56 Å². The molecule has 5 nitrogen and oxygen atoms in total. The molecule has 0 radical (unpaired) electrons. The molecule has 0 saturated heterocycles. The van der Waals surface area contributed by atoms with E-state index in [0.717, 1.165) is 11.3 Å². The van der Waals surface area contributed by atoms with Crippen molar-refractivity contribution in [3.8, 4) is 0 Å². The van der Waals surface area contributed by atoms with Crippen molar-refractivity contribution in [2.75, 3.05) is 5.73 Å². The van der Waals surface area contributed by atoms with E-state index in [9.17, 15) is 4.79 Å². The molecule has 2 rings (SSSR count). The highest BCUT2D eigenvalue weighted by atomic mass is 35.5. The molecule has 106 valence electrons. The topological polar surface area (TPSA) is 81.2 Å². The molecule has 1 unspecified atom stereocenters. The number of nitrogen functional groups attached to an aromatic ring is 1. The summed E-state index contributed by atoms with van der Waals surface area (Å²) in [5.41, 5.74) is 8.06. The number of carbonyl (C=O) groups excluding carboxylic acids is 1. The second-order valence-corrected chi connectivity index (χ2v) is 5.02. The summed E-state index contributed by atoms with van der Waals surface area (Å²) in [7, 11) is 0. The van der Waals surface area contributed by atoms with Crippen LogP contribution in [0.4, 0.5) is 5.69 Å². The van der Waals surface area contributed by atoms with Crippen LogP contribution in [0.2, 0.25) is 5.02 Å². The molecule has 0 aliphatic heterocycles. The smallest absolute Gasteiger partial charge is 0.253 e. The van der Waals surface area contributed by atoms with Gasteiger partial charge >= 0.3 is 0 Å². The fourth-order valence-corrected chi connectivity index (χ4v) is 2.39. The number of hydrogen-bond acceptors (Lipinski definition) is 4. The van der Waals surface area contributed by atoms with E-state index in [-0.39, 0.29) is 17.0 Å². The largest absolute Gasteiger partial charge is 0.398 e. The van der Waals surface area contributed by atoms with Gasteiger partial charge in [-0.15, -0.1) is 0 Å². The lowest BCUT2D eigenvalue weighted by molar-refractivity contribution is 0.0940. The van der Waals surface area contributed by atoms with Gasteiger partial charge < -0.3 is 15.6 Å². The minimum atomic E-state index is -0.283. The van der Waals surface area contributed by atoms with E-state index in [1.54, 1.807) is 18.2 Å². The van der Waals surface area contributed by atoms with Crippen molar-refractivity contribution in [3.05, 3.63) is 45.8 Å². The molecule has 1 amide bonds. The number of carbonyl (C=O) groups is 1. The number of amides is 1. The fourth-order valence-electron chi connectivity index (χ4n) is 2.18. The van der Waals surface area contributed by atoms with E-state index in [1.807, 2.05) is 20.8 Å². The number of rotatable bonds is 3. The first kappa shape index (κ1) is 14.4. The number of nitrogens with one attached hydrogen (secondary N) is 1. The molecular formula is C14H16ClN3O2. The lowest BCUT2D eigenvalue weighted by Crippen LogP contribution is -2.27. The van der Waals surface area contributed by atoms with Gasteiger partial charge in [0.1, 0.15) is 5.76 Å². The zero-order valence-electron chi connectivity index (χ0n) is 11.5. The van der Waals surface area contributed by atoms with Gasteiger partial charge in [0.05, 0.1) is 28.0 Å². The Morgan fingerprint density at radius 3 is 2.75 bits per heavy atom. The van der Waals surface area contributed by atoms with Crippen LogP contribution in [-0.2, 0) is 0 Å². The Morgan fingerprint density at radius 1 is 1.45 bits per heavy atom. The summed E-state index contributed by atoms with van der Waals surface area (Å²) in [6, 6.07) is 4.74. The fraction of sp³-hybridized carbons (Fsp3) is 0.286. The molecule has 20 heavy (non-hydrogen) atoms. The molecule has 0 saturated carbocycles. The lowest BCUT2D eigenvalue weighted by atomic mass is 10.1. The first-order valence-corrected chi connectivity index (χ1v) is 6.57. The molecule has 2 aromatic rings. The molecular weight excluding hydrogens is 278 g/mol. The summed E-state index contributed by atoms with van der Waals surface area (Å²) in [6.45, 7) is 5.51. The summed E-state index contributed by atoms with van der Waals surface area (Å²) in [5.74, 6) is 0.406. The lowest BCUT2D eigenvalue weighted by Gasteiger charge is -2.14. The Morgan fingerprint density at radius 2 is 2.15 bits per heavy atom. The van der Waals surface area contributed by atoms with E-state index in [0.29, 0.717) is 17.0 Å². The highest BCUT2D eigenvalue weighted by Gasteiger charge is 2.20. The molecule has 0 bridgehead atoms. The van der Waals surface area contributed by atoms with Gasteiger partial charge in [0.15, 0.2) is 0 Å². The third-order valence-corrected chi connectivity index (χ3v) is 3.56. The first-order chi connectivity index (χ1) is 9.41. The van der Waals surface area contributed by atoms with Crippen molar-refractivity contribution in [3.63, 3.8) is 0 Å². The molecule has 0 aliphatic rings. The summed E-state index contributed by atoms with van der Waals surface area (Å²) >= 11 is 6.04.